The van der Waals surface area contributed by atoms with E-state index in [1.807, 2.05) is 0 Å². The Morgan fingerprint density at radius 2 is 1.73 bits per heavy atom. The number of rotatable bonds is 3. The SMILES string of the molecule is CC(=O)c1ccc2nnc(C(=O)N3CCC(c4ccccc4C(F)(F)F)CC3)n2c1. The first-order chi connectivity index (χ1) is 14.3. The van der Waals surface area contributed by atoms with Gasteiger partial charge in [-0.1, -0.05) is 18.2 Å². The molecule has 1 fully saturated rings. The number of piperidine rings is 1. The van der Waals surface area contributed by atoms with Gasteiger partial charge in [-0.3, -0.25) is 14.0 Å². The highest BCUT2D eigenvalue weighted by atomic mass is 19.4. The molecule has 1 saturated heterocycles. The first-order valence-corrected chi connectivity index (χ1v) is 9.57. The van der Waals surface area contributed by atoms with Crippen LogP contribution < -0.4 is 0 Å². The van der Waals surface area contributed by atoms with Gasteiger partial charge in [0.1, 0.15) is 0 Å². The Bertz CT molecular complexity index is 1110. The summed E-state index contributed by atoms with van der Waals surface area (Å²) in [5.41, 5.74) is 0.530. The Labute approximate surface area is 170 Å². The second kappa shape index (κ2) is 7.55. The fourth-order valence-electron chi connectivity index (χ4n) is 3.89. The van der Waals surface area contributed by atoms with E-state index in [0.717, 1.165) is 6.07 Å². The highest BCUT2D eigenvalue weighted by Crippen LogP contribution is 2.38. The molecule has 4 rings (SSSR count). The number of aromatic nitrogens is 3. The summed E-state index contributed by atoms with van der Waals surface area (Å²) in [5.74, 6) is -0.688. The molecule has 3 aromatic rings. The van der Waals surface area contributed by atoms with Crippen LogP contribution in [0.1, 0.15) is 57.8 Å². The lowest BCUT2D eigenvalue weighted by molar-refractivity contribution is -0.138. The number of nitrogens with zero attached hydrogens (tertiary/aromatic N) is 4. The maximum atomic E-state index is 13.3. The van der Waals surface area contributed by atoms with E-state index in [2.05, 4.69) is 10.2 Å². The van der Waals surface area contributed by atoms with Crippen molar-refractivity contribution in [2.45, 2.75) is 31.9 Å². The molecule has 1 aromatic carbocycles. The Morgan fingerprint density at radius 1 is 1.03 bits per heavy atom. The first kappa shape index (κ1) is 20.1. The summed E-state index contributed by atoms with van der Waals surface area (Å²) >= 11 is 0. The van der Waals surface area contributed by atoms with Gasteiger partial charge in [0, 0.05) is 24.8 Å². The third kappa shape index (κ3) is 3.67. The van der Waals surface area contributed by atoms with Crippen LogP contribution in [0, 0.1) is 0 Å². The van der Waals surface area contributed by atoms with E-state index in [9.17, 15) is 22.8 Å². The minimum atomic E-state index is -4.40. The summed E-state index contributed by atoms with van der Waals surface area (Å²) in [6.07, 6.45) is -2.03. The molecule has 0 N–H and O–H groups in total. The molecule has 0 atom stereocenters. The molecule has 0 unspecified atom stereocenters. The first-order valence-electron chi connectivity index (χ1n) is 9.57. The lowest BCUT2D eigenvalue weighted by atomic mass is 9.86. The molecule has 0 radical (unpaired) electrons. The Balaban J connectivity index is 1.53. The number of alkyl halides is 3. The van der Waals surface area contributed by atoms with Gasteiger partial charge in [-0.25, -0.2) is 0 Å². The Hall–Kier alpha value is -3.23. The fourth-order valence-corrected chi connectivity index (χ4v) is 3.89. The molecule has 1 aliphatic rings. The molecule has 1 aliphatic heterocycles. The van der Waals surface area contributed by atoms with Gasteiger partial charge in [0.05, 0.1) is 5.56 Å². The van der Waals surface area contributed by atoms with E-state index in [4.69, 9.17) is 0 Å². The monoisotopic (exact) mass is 416 g/mol. The maximum Gasteiger partial charge on any atom is 0.416 e. The van der Waals surface area contributed by atoms with Crippen molar-refractivity contribution >= 4 is 17.3 Å². The molecule has 0 aliphatic carbocycles. The largest absolute Gasteiger partial charge is 0.416 e. The zero-order valence-corrected chi connectivity index (χ0v) is 16.2. The number of ketones is 1. The van der Waals surface area contributed by atoms with Crippen molar-refractivity contribution in [2.24, 2.45) is 0 Å². The minimum Gasteiger partial charge on any atom is -0.336 e. The van der Waals surface area contributed by atoms with Crippen LogP contribution in [0.3, 0.4) is 0 Å². The minimum absolute atomic E-state index is 0.0854. The maximum absolute atomic E-state index is 13.3. The summed E-state index contributed by atoms with van der Waals surface area (Å²) in [6.45, 7) is 2.06. The quantitative estimate of drug-likeness (QED) is 0.606. The van der Waals surface area contributed by atoms with E-state index in [0.29, 0.717) is 37.1 Å². The number of amides is 1. The second-order valence-corrected chi connectivity index (χ2v) is 7.38. The van der Waals surface area contributed by atoms with Gasteiger partial charge >= 0.3 is 6.18 Å². The zero-order chi connectivity index (χ0) is 21.5. The van der Waals surface area contributed by atoms with Crippen LogP contribution in [0.4, 0.5) is 13.2 Å². The number of likely N-dealkylation sites (tertiary alicyclic amines) is 1. The van der Waals surface area contributed by atoms with Crippen molar-refractivity contribution in [1.29, 1.82) is 0 Å². The van der Waals surface area contributed by atoms with E-state index in [1.165, 1.54) is 29.7 Å². The highest BCUT2D eigenvalue weighted by molar-refractivity contribution is 5.95. The van der Waals surface area contributed by atoms with E-state index in [1.54, 1.807) is 23.1 Å². The summed E-state index contributed by atoms with van der Waals surface area (Å²) in [4.78, 5) is 26.2. The van der Waals surface area contributed by atoms with Crippen molar-refractivity contribution in [3.05, 3.63) is 65.1 Å². The van der Waals surface area contributed by atoms with Gasteiger partial charge in [-0.2, -0.15) is 13.2 Å². The van der Waals surface area contributed by atoms with Crippen LogP contribution >= 0.6 is 0 Å². The third-order valence-corrected chi connectivity index (χ3v) is 5.49. The van der Waals surface area contributed by atoms with Gasteiger partial charge in [0.2, 0.25) is 5.82 Å². The molecular formula is C21H19F3N4O2. The van der Waals surface area contributed by atoms with Crippen molar-refractivity contribution < 1.29 is 22.8 Å². The van der Waals surface area contributed by atoms with E-state index >= 15 is 0 Å². The van der Waals surface area contributed by atoms with Crippen molar-refractivity contribution in [1.82, 2.24) is 19.5 Å². The summed E-state index contributed by atoms with van der Waals surface area (Å²) in [7, 11) is 0. The van der Waals surface area contributed by atoms with Crippen LogP contribution in [-0.2, 0) is 6.18 Å². The molecule has 30 heavy (non-hydrogen) atoms. The number of Topliss-reactive ketones (excluding diaryl/α,β-unsaturated/α-hetero) is 1. The smallest absolute Gasteiger partial charge is 0.336 e. The predicted molar refractivity (Wildman–Crippen MR) is 102 cm³/mol. The topological polar surface area (TPSA) is 67.6 Å². The number of halogens is 3. The Kier molecular flexibility index (Phi) is 5.05. The van der Waals surface area contributed by atoms with Crippen LogP contribution in [0.25, 0.3) is 5.65 Å². The normalized spacial score (nSPS) is 15.5. The number of pyridine rings is 1. The number of carbonyl (C=O) groups excluding carboxylic acids is 2. The van der Waals surface area contributed by atoms with Gasteiger partial charge in [0.15, 0.2) is 11.4 Å². The molecule has 0 spiro atoms. The van der Waals surface area contributed by atoms with Gasteiger partial charge < -0.3 is 4.90 Å². The van der Waals surface area contributed by atoms with E-state index < -0.39 is 11.7 Å². The lowest BCUT2D eigenvalue weighted by Gasteiger charge is -2.32. The predicted octanol–water partition coefficient (Wildman–Crippen LogP) is 3.97. The summed E-state index contributed by atoms with van der Waals surface area (Å²) in [5, 5.41) is 7.92. The average Bonchev–Trinajstić information content (AvgIpc) is 3.16. The summed E-state index contributed by atoms with van der Waals surface area (Å²) < 4.78 is 41.5. The molecule has 2 aromatic heterocycles. The number of hydrogen-bond donors (Lipinski definition) is 0. The second-order valence-electron chi connectivity index (χ2n) is 7.38. The third-order valence-electron chi connectivity index (χ3n) is 5.49. The molecule has 9 heteroatoms. The standard InChI is InChI=1S/C21H19F3N4O2/c1-13(29)15-6-7-18-25-26-19(28(18)12-15)20(30)27-10-8-14(9-11-27)16-4-2-3-5-17(16)21(22,23)24/h2-7,12,14H,8-11H2,1H3. The lowest BCUT2D eigenvalue weighted by Crippen LogP contribution is -2.39. The van der Waals surface area contributed by atoms with Crippen LogP contribution in [0.5, 0.6) is 0 Å². The number of fused-ring (bicyclic) bond motifs is 1. The molecule has 156 valence electrons. The fraction of sp³-hybridized carbons (Fsp3) is 0.333. The number of benzene rings is 1. The molecule has 0 saturated carbocycles. The van der Waals surface area contributed by atoms with Crippen molar-refractivity contribution in [3.63, 3.8) is 0 Å². The van der Waals surface area contributed by atoms with Gasteiger partial charge in [0.25, 0.3) is 5.91 Å². The van der Waals surface area contributed by atoms with E-state index in [-0.39, 0.29) is 29.0 Å². The van der Waals surface area contributed by atoms with Crippen LogP contribution in [-0.4, -0.2) is 44.3 Å². The van der Waals surface area contributed by atoms with Crippen molar-refractivity contribution in [3.8, 4) is 0 Å². The highest BCUT2D eigenvalue weighted by Gasteiger charge is 2.36. The Morgan fingerprint density at radius 3 is 2.40 bits per heavy atom. The van der Waals surface area contributed by atoms with Gasteiger partial charge in [-0.05, 0) is 49.4 Å². The average molecular weight is 416 g/mol. The number of carbonyl (C=O) groups is 2. The zero-order valence-electron chi connectivity index (χ0n) is 16.2. The molecule has 6 nitrogen and oxygen atoms in total. The number of hydrogen-bond acceptors (Lipinski definition) is 4. The van der Waals surface area contributed by atoms with Crippen LogP contribution in [0.15, 0.2) is 42.6 Å². The van der Waals surface area contributed by atoms with Crippen molar-refractivity contribution in [2.75, 3.05) is 13.1 Å². The molecular weight excluding hydrogens is 397 g/mol. The summed E-state index contributed by atoms with van der Waals surface area (Å²) in [6, 6.07) is 8.83. The van der Waals surface area contributed by atoms with Gasteiger partial charge in [-0.15, -0.1) is 10.2 Å². The molecule has 3 heterocycles. The molecule has 1 amide bonds. The molecule has 0 bridgehead atoms. The van der Waals surface area contributed by atoms with Crippen LogP contribution in [0.2, 0.25) is 0 Å².